The van der Waals surface area contributed by atoms with Crippen LogP contribution in [-0.2, 0) is 0 Å². The van der Waals surface area contributed by atoms with Crippen LogP contribution in [0.15, 0.2) is 18.2 Å². The number of anilines is 1. The lowest BCUT2D eigenvalue weighted by Gasteiger charge is -2.14. The van der Waals surface area contributed by atoms with Crippen molar-refractivity contribution in [3.8, 4) is 0 Å². The standard InChI is InChI=1S/C12H15FN2O2/c1-8-2-3-9(6-8)14-12-5-4-10(15(16)17)7-11(12)13/h4-5,7-9,14H,2-3,6H2,1H3. The zero-order chi connectivity index (χ0) is 12.4. The Morgan fingerprint density at radius 2 is 2.24 bits per heavy atom. The molecule has 0 aromatic heterocycles. The molecule has 1 aromatic rings. The Bertz CT molecular complexity index is 437. The van der Waals surface area contributed by atoms with Crippen molar-refractivity contribution in [3.63, 3.8) is 0 Å². The topological polar surface area (TPSA) is 55.2 Å². The average molecular weight is 238 g/mol. The lowest BCUT2D eigenvalue weighted by atomic mass is 10.1. The van der Waals surface area contributed by atoms with E-state index >= 15 is 0 Å². The molecule has 2 unspecified atom stereocenters. The molecule has 0 aliphatic heterocycles. The van der Waals surface area contributed by atoms with Gasteiger partial charge in [0, 0.05) is 12.1 Å². The minimum atomic E-state index is -0.593. The predicted octanol–water partition coefficient (Wildman–Crippen LogP) is 3.33. The highest BCUT2D eigenvalue weighted by atomic mass is 19.1. The third kappa shape index (κ3) is 2.72. The van der Waals surface area contributed by atoms with Crippen LogP contribution < -0.4 is 5.32 Å². The molecule has 0 spiro atoms. The second-order valence-electron chi connectivity index (χ2n) is 4.68. The Morgan fingerprint density at radius 1 is 1.47 bits per heavy atom. The average Bonchev–Trinajstić information content (AvgIpc) is 2.67. The second kappa shape index (κ2) is 4.69. The number of hydrogen-bond acceptors (Lipinski definition) is 3. The van der Waals surface area contributed by atoms with Gasteiger partial charge in [-0.3, -0.25) is 10.1 Å². The van der Waals surface area contributed by atoms with Gasteiger partial charge in [-0.2, -0.15) is 0 Å². The van der Waals surface area contributed by atoms with E-state index in [4.69, 9.17) is 0 Å². The Kier molecular flexibility index (Phi) is 3.26. The molecule has 0 radical (unpaired) electrons. The number of benzene rings is 1. The molecule has 2 rings (SSSR count). The highest BCUT2D eigenvalue weighted by Crippen LogP contribution is 2.29. The fraction of sp³-hybridized carbons (Fsp3) is 0.500. The molecule has 2 atom stereocenters. The molecule has 1 N–H and O–H groups in total. The van der Waals surface area contributed by atoms with E-state index in [1.165, 1.54) is 12.1 Å². The van der Waals surface area contributed by atoms with Gasteiger partial charge in [0.25, 0.3) is 5.69 Å². The lowest BCUT2D eigenvalue weighted by molar-refractivity contribution is -0.385. The van der Waals surface area contributed by atoms with E-state index in [1.807, 2.05) is 0 Å². The van der Waals surface area contributed by atoms with E-state index in [9.17, 15) is 14.5 Å². The van der Waals surface area contributed by atoms with Crippen molar-refractivity contribution >= 4 is 11.4 Å². The van der Waals surface area contributed by atoms with Crippen molar-refractivity contribution in [2.75, 3.05) is 5.32 Å². The van der Waals surface area contributed by atoms with Crippen molar-refractivity contribution in [2.45, 2.75) is 32.2 Å². The van der Waals surface area contributed by atoms with Gasteiger partial charge in [0.05, 0.1) is 16.7 Å². The molecule has 0 bridgehead atoms. The van der Waals surface area contributed by atoms with E-state index in [-0.39, 0.29) is 11.7 Å². The molecule has 0 saturated heterocycles. The van der Waals surface area contributed by atoms with Gasteiger partial charge in [-0.25, -0.2) is 4.39 Å². The van der Waals surface area contributed by atoms with Crippen LogP contribution in [0.5, 0.6) is 0 Å². The van der Waals surface area contributed by atoms with Gasteiger partial charge < -0.3 is 5.32 Å². The zero-order valence-corrected chi connectivity index (χ0v) is 9.65. The number of halogens is 1. The normalized spacial score (nSPS) is 23.6. The van der Waals surface area contributed by atoms with Crippen molar-refractivity contribution < 1.29 is 9.31 Å². The highest BCUT2D eigenvalue weighted by Gasteiger charge is 2.22. The van der Waals surface area contributed by atoms with Crippen LogP contribution >= 0.6 is 0 Å². The summed E-state index contributed by atoms with van der Waals surface area (Å²) in [7, 11) is 0. The molecule has 17 heavy (non-hydrogen) atoms. The fourth-order valence-electron chi connectivity index (χ4n) is 2.29. The van der Waals surface area contributed by atoms with E-state index in [2.05, 4.69) is 12.2 Å². The first-order valence-corrected chi connectivity index (χ1v) is 5.76. The number of nitrogens with zero attached hydrogens (tertiary/aromatic N) is 1. The Labute approximate surface area is 99.0 Å². The monoisotopic (exact) mass is 238 g/mol. The molecule has 0 amide bonds. The van der Waals surface area contributed by atoms with Crippen LogP contribution in [0.2, 0.25) is 0 Å². The van der Waals surface area contributed by atoms with Gasteiger partial charge in [-0.15, -0.1) is 0 Å². The molecule has 0 heterocycles. The predicted molar refractivity (Wildman–Crippen MR) is 63.5 cm³/mol. The minimum Gasteiger partial charge on any atom is -0.380 e. The summed E-state index contributed by atoms with van der Waals surface area (Å²) in [6.45, 7) is 2.17. The zero-order valence-electron chi connectivity index (χ0n) is 9.65. The van der Waals surface area contributed by atoms with Gasteiger partial charge in [-0.1, -0.05) is 6.92 Å². The van der Waals surface area contributed by atoms with E-state index in [1.54, 1.807) is 0 Å². The number of nitrogens with one attached hydrogen (secondary N) is 1. The molecule has 4 nitrogen and oxygen atoms in total. The molecule has 1 aliphatic rings. The molecule has 1 saturated carbocycles. The third-order valence-corrected chi connectivity index (χ3v) is 3.22. The van der Waals surface area contributed by atoms with Crippen molar-refractivity contribution in [2.24, 2.45) is 5.92 Å². The molecule has 1 aromatic carbocycles. The highest BCUT2D eigenvalue weighted by molar-refractivity contribution is 5.50. The quantitative estimate of drug-likeness (QED) is 0.649. The van der Waals surface area contributed by atoms with Crippen LogP contribution in [0, 0.1) is 21.8 Å². The maximum atomic E-state index is 13.6. The number of nitro groups is 1. The van der Waals surface area contributed by atoms with Gasteiger partial charge in [-0.05, 0) is 31.2 Å². The van der Waals surface area contributed by atoms with Crippen molar-refractivity contribution in [1.29, 1.82) is 0 Å². The number of non-ortho nitro benzene ring substituents is 1. The van der Waals surface area contributed by atoms with Crippen LogP contribution in [0.4, 0.5) is 15.8 Å². The molecule has 1 fully saturated rings. The van der Waals surface area contributed by atoms with Crippen molar-refractivity contribution in [1.82, 2.24) is 0 Å². The summed E-state index contributed by atoms with van der Waals surface area (Å²) in [6.07, 6.45) is 3.19. The number of nitro benzene ring substituents is 1. The smallest absolute Gasteiger partial charge is 0.272 e. The summed E-state index contributed by atoms with van der Waals surface area (Å²) in [5, 5.41) is 13.6. The maximum Gasteiger partial charge on any atom is 0.272 e. The maximum absolute atomic E-state index is 13.6. The molecular weight excluding hydrogens is 223 g/mol. The van der Waals surface area contributed by atoms with Gasteiger partial charge in [0.1, 0.15) is 0 Å². The van der Waals surface area contributed by atoms with Gasteiger partial charge >= 0.3 is 0 Å². The van der Waals surface area contributed by atoms with E-state index in [0.29, 0.717) is 11.6 Å². The molecule has 5 heteroatoms. The summed E-state index contributed by atoms with van der Waals surface area (Å²) in [5.41, 5.74) is 0.141. The summed E-state index contributed by atoms with van der Waals surface area (Å²) >= 11 is 0. The Morgan fingerprint density at radius 3 is 2.76 bits per heavy atom. The first kappa shape index (κ1) is 11.8. The van der Waals surface area contributed by atoms with Gasteiger partial charge in [0.2, 0.25) is 0 Å². The second-order valence-corrected chi connectivity index (χ2v) is 4.68. The number of hydrogen-bond donors (Lipinski definition) is 1. The summed E-state index contributed by atoms with van der Waals surface area (Å²) < 4.78 is 13.6. The summed E-state index contributed by atoms with van der Waals surface area (Å²) in [5.74, 6) is 0.104. The Balaban J connectivity index is 2.09. The summed E-state index contributed by atoms with van der Waals surface area (Å²) in [6, 6.07) is 4.00. The fourth-order valence-corrected chi connectivity index (χ4v) is 2.29. The summed E-state index contributed by atoms with van der Waals surface area (Å²) in [4.78, 5) is 9.88. The van der Waals surface area contributed by atoms with Crippen LogP contribution in [-0.4, -0.2) is 11.0 Å². The largest absolute Gasteiger partial charge is 0.380 e. The van der Waals surface area contributed by atoms with E-state index in [0.717, 1.165) is 25.3 Å². The first-order valence-electron chi connectivity index (χ1n) is 5.76. The third-order valence-electron chi connectivity index (χ3n) is 3.22. The van der Waals surface area contributed by atoms with Crippen LogP contribution in [0.3, 0.4) is 0 Å². The lowest BCUT2D eigenvalue weighted by Crippen LogP contribution is -2.16. The van der Waals surface area contributed by atoms with E-state index < -0.39 is 10.7 Å². The van der Waals surface area contributed by atoms with Gasteiger partial charge in [0.15, 0.2) is 5.82 Å². The SMILES string of the molecule is CC1CCC(Nc2ccc([N+](=O)[O-])cc2F)C1. The van der Waals surface area contributed by atoms with Crippen LogP contribution in [0.1, 0.15) is 26.2 Å². The number of rotatable bonds is 3. The van der Waals surface area contributed by atoms with Crippen molar-refractivity contribution in [3.05, 3.63) is 34.1 Å². The molecule has 92 valence electrons. The molecular formula is C12H15FN2O2. The minimum absolute atomic E-state index is 0.215. The first-order chi connectivity index (χ1) is 8.06. The van der Waals surface area contributed by atoms with Crippen LogP contribution in [0.25, 0.3) is 0 Å². The Hall–Kier alpha value is -1.65. The molecule has 1 aliphatic carbocycles.